The van der Waals surface area contributed by atoms with Gasteiger partial charge in [0.25, 0.3) is 0 Å². The Hall–Kier alpha value is -0.450. The van der Waals surface area contributed by atoms with Crippen molar-refractivity contribution in [1.29, 1.82) is 0 Å². The van der Waals surface area contributed by atoms with Gasteiger partial charge >= 0.3 is 0 Å². The summed E-state index contributed by atoms with van der Waals surface area (Å²) in [6.07, 6.45) is 0.785. The molecule has 0 saturated carbocycles. The van der Waals surface area contributed by atoms with Crippen molar-refractivity contribution in [3.8, 4) is 0 Å². The molecule has 1 unspecified atom stereocenters. The van der Waals surface area contributed by atoms with E-state index in [0.29, 0.717) is 6.54 Å². The predicted octanol–water partition coefficient (Wildman–Crippen LogP) is 1.55. The first-order valence-corrected chi connectivity index (χ1v) is 6.11. The van der Waals surface area contributed by atoms with E-state index in [1.54, 1.807) is 11.3 Å². The molecule has 0 saturated heterocycles. The molecule has 15 heavy (non-hydrogen) atoms. The Kier molecular flexibility index (Phi) is 4.25. The number of hydrogen-bond donors (Lipinski definition) is 2. The van der Waals surface area contributed by atoms with Gasteiger partial charge in [0.1, 0.15) is 0 Å². The van der Waals surface area contributed by atoms with E-state index in [-0.39, 0.29) is 17.9 Å². The van der Waals surface area contributed by atoms with Crippen LogP contribution in [0.3, 0.4) is 0 Å². The van der Waals surface area contributed by atoms with E-state index in [2.05, 4.69) is 31.1 Å². The van der Waals surface area contributed by atoms with Gasteiger partial charge in [-0.2, -0.15) is 0 Å². The second-order valence-corrected chi connectivity index (χ2v) is 5.81. The molecule has 0 aliphatic carbocycles. The zero-order valence-electron chi connectivity index (χ0n) is 9.66. The topological polar surface area (TPSA) is 59.1 Å². The minimum atomic E-state index is 0.103. The molecule has 86 valence electrons. The lowest BCUT2D eigenvalue weighted by Gasteiger charge is -2.14. The van der Waals surface area contributed by atoms with Crippen molar-refractivity contribution in [3.05, 3.63) is 16.1 Å². The van der Waals surface area contributed by atoms with Crippen LogP contribution >= 0.6 is 11.3 Å². The lowest BCUT2D eigenvalue weighted by Crippen LogP contribution is -2.20. The Labute approximate surface area is 95.3 Å². The van der Waals surface area contributed by atoms with Crippen LogP contribution in [0.4, 0.5) is 0 Å². The highest BCUT2D eigenvalue weighted by Gasteiger charge is 2.18. The first-order valence-electron chi connectivity index (χ1n) is 5.23. The van der Waals surface area contributed by atoms with Gasteiger partial charge in [0.05, 0.1) is 10.7 Å². The highest BCUT2D eigenvalue weighted by Crippen LogP contribution is 2.24. The fourth-order valence-electron chi connectivity index (χ4n) is 1.22. The fourth-order valence-corrected chi connectivity index (χ4v) is 2.36. The van der Waals surface area contributed by atoms with Gasteiger partial charge in [0, 0.05) is 29.7 Å². The number of thiazole rings is 1. The van der Waals surface area contributed by atoms with Gasteiger partial charge in [-0.15, -0.1) is 11.3 Å². The molecule has 0 aliphatic heterocycles. The van der Waals surface area contributed by atoms with Gasteiger partial charge in [-0.1, -0.05) is 20.8 Å². The SMILES string of the molecule is CC(C)(C)c1csc(CC(CN)CO)n1. The van der Waals surface area contributed by atoms with Crippen molar-refractivity contribution in [2.45, 2.75) is 32.6 Å². The van der Waals surface area contributed by atoms with Gasteiger partial charge in [0.15, 0.2) is 0 Å². The number of nitrogens with zero attached hydrogens (tertiary/aromatic N) is 1. The minimum absolute atomic E-state index is 0.103. The third kappa shape index (κ3) is 3.55. The lowest BCUT2D eigenvalue weighted by molar-refractivity contribution is 0.229. The molecule has 3 nitrogen and oxygen atoms in total. The molecule has 3 N–H and O–H groups in total. The molecule has 0 aliphatic rings. The standard InChI is InChI=1S/C11H20N2OS/c1-11(2,3)9-7-15-10(13-9)4-8(5-12)6-14/h7-8,14H,4-6,12H2,1-3H3. The number of aliphatic hydroxyl groups is 1. The zero-order chi connectivity index (χ0) is 11.5. The van der Waals surface area contributed by atoms with Crippen LogP contribution in [0.5, 0.6) is 0 Å². The maximum absolute atomic E-state index is 9.05. The summed E-state index contributed by atoms with van der Waals surface area (Å²) in [6, 6.07) is 0. The summed E-state index contributed by atoms with van der Waals surface area (Å²) in [5, 5.41) is 12.2. The molecule has 1 rings (SSSR count). The number of rotatable bonds is 4. The average molecular weight is 228 g/mol. The average Bonchev–Trinajstić information content (AvgIpc) is 2.61. The number of aliphatic hydroxyl groups excluding tert-OH is 1. The normalized spacial score (nSPS) is 14.2. The van der Waals surface area contributed by atoms with Gasteiger partial charge in [-0.05, 0) is 6.54 Å². The number of aromatic nitrogens is 1. The maximum Gasteiger partial charge on any atom is 0.0932 e. The molecule has 4 heteroatoms. The molecule has 1 atom stereocenters. The molecule has 1 aromatic heterocycles. The summed E-state index contributed by atoms with van der Waals surface area (Å²) < 4.78 is 0. The summed E-state index contributed by atoms with van der Waals surface area (Å²) in [6.45, 7) is 7.11. The molecular weight excluding hydrogens is 208 g/mol. The van der Waals surface area contributed by atoms with E-state index in [9.17, 15) is 0 Å². The van der Waals surface area contributed by atoms with Crippen molar-refractivity contribution in [1.82, 2.24) is 4.98 Å². The summed E-state index contributed by atoms with van der Waals surface area (Å²) in [7, 11) is 0. The van der Waals surface area contributed by atoms with E-state index in [0.717, 1.165) is 17.1 Å². The smallest absolute Gasteiger partial charge is 0.0932 e. The van der Waals surface area contributed by atoms with E-state index < -0.39 is 0 Å². The summed E-state index contributed by atoms with van der Waals surface area (Å²) in [5.41, 5.74) is 6.77. The monoisotopic (exact) mass is 228 g/mol. The molecule has 1 heterocycles. The molecular formula is C11H20N2OS. The maximum atomic E-state index is 9.05. The third-order valence-corrected chi connectivity index (χ3v) is 3.25. The Morgan fingerprint density at radius 1 is 1.53 bits per heavy atom. The van der Waals surface area contributed by atoms with Crippen molar-refractivity contribution in [2.24, 2.45) is 11.7 Å². The van der Waals surface area contributed by atoms with Crippen LogP contribution in [0.25, 0.3) is 0 Å². The van der Waals surface area contributed by atoms with Crippen molar-refractivity contribution >= 4 is 11.3 Å². The lowest BCUT2D eigenvalue weighted by atomic mass is 9.93. The molecule has 0 spiro atoms. The van der Waals surface area contributed by atoms with Crippen LogP contribution in [-0.4, -0.2) is 23.2 Å². The van der Waals surface area contributed by atoms with E-state index in [1.807, 2.05) is 0 Å². The highest BCUT2D eigenvalue weighted by molar-refractivity contribution is 7.09. The summed E-state index contributed by atoms with van der Waals surface area (Å²) in [5.74, 6) is 0.143. The van der Waals surface area contributed by atoms with Crippen molar-refractivity contribution < 1.29 is 5.11 Å². The Balaban J connectivity index is 2.68. The van der Waals surface area contributed by atoms with Crippen molar-refractivity contribution in [2.75, 3.05) is 13.2 Å². The van der Waals surface area contributed by atoms with Crippen LogP contribution < -0.4 is 5.73 Å². The molecule has 0 fully saturated rings. The van der Waals surface area contributed by atoms with Crippen LogP contribution in [0.1, 0.15) is 31.5 Å². The highest BCUT2D eigenvalue weighted by atomic mass is 32.1. The number of hydrogen-bond acceptors (Lipinski definition) is 4. The second kappa shape index (κ2) is 5.05. The minimum Gasteiger partial charge on any atom is -0.396 e. The van der Waals surface area contributed by atoms with E-state index >= 15 is 0 Å². The third-order valence-electron chi connectivity index (χ3n) is 2.37. The molecule has 0 amide bonds. The first-order chi connectivity index (χ1) is 6.97. The molecule has 1 aromatic rings. The van der Waals surface area contributed by atoms with E-state index in [1.165, 1.54) is 0 Å². The van der Waals surface area contributed by atoms with E-state index in [4.69, 9.17) is 10.8 Å². The molecule has 0 bridgehead atoms. The number of nitrogens with two attached hydrogens (primary N) is 1. The Morgan fingerprint density at radius 3 is 2.60 bits per heavy atom. The van der Waals surface area contributed by atoms with Crippen LogP contribution in [0, 0.1) is 5.92 Å². The van der Waals surface area contributed by atoms with Crippen LogP contribution in [0.2, 0.25) is 0 Å². The van der Waals surface area contributed by atoms with Crippen LogP contribution in [-0.2, 0) is 11.8 Å². The largest absolute Gasteiger partial charge is 0.396 e. The van der Waals surface area contributed by atoms with Gasteiger partial charge < -0.3 is 10.8 Å². The zero-order valence-corrected chi connectivity index (χ0v) is 10.5. The predicted molar refractivity (Wildman–Crippen MR) is 64.1 cm³/mol. The fraction of sp³-hybridized carbons (Fsp3) is 0.727. The van der Waals surface area contributed by atoms with Crippen molar-refractivity contribution in [3.63, 3.8) is 0 Å². The van der Waals surface area contributed by atoms with Gasteiger partial charge in [0.2, 0.25) is 0 Å². The second-order valence-electron chi connectivity index (χ2n) is 4.86. The quantitative estimate of drug-likeness (QED) is 0.822. The summed E-state index contributed by atoms with van der Waals surface area (Å²) in [4.78, 5) is 4.57. The van der Waals surface area contributed by atoms with Crippen LogP contribution in [0.15, 0.2) is 5.38 Å². The van der Waals surface area contributed by atoms with Gasteiger partial charge in [-0.25, -0.2) is 4.98 Å². The summed E-state index contributed by atoms with van der Waals surface area (Å²) >= 11 is 1.66. The van der Waals surface area contributed by atoms with Gasteiger partial charge in [-0.3, -0.25) is 0 Å². The Morgan fingerprint density at radius 2 is 2.20 bits per heavy atom. The molecule has 0 radical (unpaired) electrons. The molecule has 0 aromatic carbocycles. The first kappa shape index (κ1) is 12.6. The Bertz CT molecular complexity index is 300.